The number of hydrogen-bond donors (Lipinski definition) is 1. The minimum Gasteiger partial charge on any atom is -0.321 e. The Balaban J connectivity index is 1.88. The van der Waals surface area contributed by atoms with Gasteiger partial charge in [-0.25, -0.2) is 4.39 Å². The highest BCUT2D eigenvalue weighted by Crippen LogP contribution is 2.15. The zero-order valence-electron chi connectivity index (χ0n) is 10.5. The monoisotopic (exact) mass is 266 g/mol. The van der Waals surface area contributed by atoms with Crippen LogP contribution in [0.4, 0.5) is 10.1 Å². The lowest BCUT2D eigenvalue weighted by atomic mass is 10.1. The minimum atomic E-state index is -0.394. The summed E-state index contributed by atoms with van der Waals surface area (Å²) >= 11 is 0. The van der Waals surface area contributed by atoms with E-state index in [1.54, 1.807) is 24.4 Å². The summed E-state index contributed by atoms with van der Waals surface area (Å²) < 4.78 is 13.1. The molecule has 3 rings (SSSR count). The van der Waals surface area contributed by atoms with E-state index in [0.717, 1.165) is 10.8 Å². The van der Waals surface area contributed by atoms with Gasteiger partial charge in [-0.05, 0) is 29.7 Å². The molecule has 1 heterocycles. The van der Waals surface area contributed by atoms with E-state index in [-0.39, 0.29) is 5.91 Å². The Morgan fingerprint density at radius 3 is 2.60 bits per heavy atom. The van der Waals surface area contributed by atoms with E-state index in [9.17, 15) is 9.18 Å². The third-order valence-corrected chi connectivity index (χ3v) is 2.95. The molecular formula is C16H11FN2O. The summed E-state index contributed by atoms with van der Waals surface area (Å²) in [6, 6.07) is 15.1. The first-order valence-corrected chi connectivity index (χ1v) is 6.14. The van der Waals surface area contributed by atoms with Crippen LogP contribution in [-0.2, 0) is 0 Å². The number of carbonyl (C=O) groups is 1. The number of halogens is 1. The van der Waals surface area contributed by atoms with E-state index < -0.39 is 5.82 Å². The lowest BCUT2D eigenvalue weighted by molar-refractivity contribution is 0.102. The molecule has 1 aromatic heterocycles. The van der Waals surface area contributed by atoms with Crippen molar-refractivity contribution in [3.63, 3.8) is 0 Å². The van der Waals surface area contributed by atoms with Gasteiger partial charge in [0.25, 0.3) is 5.91 Å². The van der Waals surface area contributed by atoms with Crippen molar-refractivity contribution < 1.29 is 9.18 Å². The predicted octanol–water partition coefficient (Wildman–Crippen LogP) is 3.63. The lowest BCUT2D eigenvalue weighted by Crippen LogP contribution is -2.13. The number of rotatable bonds is 2. The number of anilines is 1. The van der Waals surface area contributed by atoms with E-state index in [1.807, 2.05) is 24.3 Å². The fraction of sp³-hybridized carbons (Fsp3) is 0. The molecule has 0 fully saturated rings. The Labute approximate surface area is 115 Å². The van der Waals surface area contributed by atoms with Gasteiger partial charge in [0, 0.05) is 17.3 Å². The first-order chi connectivity index (χ1) is 9.72. The van der Waals surface area contributed by atoms with Crippen molar-refractivity contribution in [1.29, 1.82) is 0 Å². The summed E-state index contributed by atoms with van der Waals surface area (Å²) in [7, 11) is 0. The van der Waals surface area contributed by atoms with Crippen molar-refractivity contribution in [3.8, 4) is 0 Å². The van der Waals surface area contributed by atoms with E-state index in [1.165, 1.54) is 12.1 Å². The number of hydrogen-bond acceptors (Lipinski definition) is 2. The predicted molar refractivity (Wildman–Crippen MR) is 76.1 cm³/mol. The highest BCUT2D eigenvalue weighted by Gasteiger charge is 2.08. The Kier molecular flexibility index (Phi) is 3.13. The second-order valence-electron chi connectivity index (χ2n) is 4.38. The number of aromatic nitrogens is 1. The summed E-state index contributed by atoms with van der Waals surface area (Å²) in [5.74, 6) is -0.754. The van der Waals surface area contributed by atoms with Crippen LogP contribution in [0.2, 0.25) is 0 Å². The van der Waals surface area contributed by atoms with Gasteiger partial charge in [0.15, 0.2) is 0 Å². The van der Waals surface area contributed by atoms with Crippen molar-refractivity contribution in [1.82, 2.24) is 4.98 Å². The maximum Gasteiger partial charge on any atom is 0.274 e. The molecule has 0 spiro atoms. The number of nitrogens with one attached hydrogen (secondary N) is 1. The Morgan fingerprint density at radius 1 is 1.00 bits per heavy atom. The molecule has 4 heteroatoms. The average Bonchev–Trinajstić information content (AvgIpc) is 2.47. The molecule has 2 aromatic carbocycles. The molecule has 0 aliphatic heterocycles. The lowest BCUT2D eigenvalue weighted by Gasteiger charge is -2.05. The molecule has 0 radical (unpaired) electrons. The van der Waals surface area contributed by atoms with Crippen LogP contribution in [0.3, 0.4) is 0 Å². The van der Waals surface area contributed by atoms with Crippen molar-refractivity contribution in [2.24, 2.45) is 0 Å². The molecule has 1 N–H and O–H groups in total. The fourth-order valence-electron chi connectivity index (χ4n) is 1.97. The van der Waals surface area contributed by atoms with E-state index in [2.05, 4.69) is 10.3 Å². The summed E-state index contributed by atoms with van der Waals surface area (Å²) in [6.07, 6.45) is 1.65. The molecule has 98 valence electrons. The maximum atomic E-state index is 13.1. The number of amides is 1. The van der Waals surface area contributed by atoms with Crippen LogP contribution in [0.15, 0.2) is 60.8 Å². The van der Waals surface area contributed by atoms with E-state index in [0.29, 0.717) is 11.4 Å². The molecule has 0 atom stereocenters. The van der Waals surface area contributed by atoms with Crippen molar-refractivity contribution in [3.05, 3.63) is 72.3 Å². The molecule has 20 heavy (non-hydrogen) atoms. The van der Waals surface area contributed by atoms with Gasteiger partial charge in [-0.3, -0.25) is 9.78 Å². The van der Waals surface area contributed by atoms with Crippen molar-refractivity contribution >= 4 is 22.4 Å². The number of carbonyl (C=O) groups excluding carboxylic acids is 1. The molecule has 0 aliphatic rings. The molecule has 0 aliphatic carbocycles. The van der Waals surface area contributed by atoms with Crippen LogP contribution in [0.5, 0.6) is 0 Å². The van der Waals surface area contributed by atoms with Gasteiger partial charge in [0.05, 0.1) is 0 Å². The Morgan fingerprint density at radius 2 is 1.80 bits per heavy atom. The van der Waals surface area contributed by atoms with Crippen molar-refractivity contribution in [2.75, 3.05) is 5.32 Å². The molecule has 3 nitrogen and oxygen atoms in total. The highest BCUT2D eigenvalue weighted by molar-refractivity contribution is 6.04. The maximum absolute atomic E-state index is 13.1. The number of fused-ring (bicyclic) bond motifs is 1. The van der Waals surface area contributed by atoms with Crippen LogP contribution in [0, 0.1) is 5.82 Å². The number of pyridine rings is 1. The van der Waals surface area contributed by atoms with Crippen LogP contribution >= 0.6 is 0 Å². The van der Waals surface area contributed by atoms with Gasteiger partial charge in [0.2, 0.25) is 0 Å². The third kappa shape index (κ3) is 2.49. The first kappa shape index (κ1) is 12.3. The normalized spacial score (nSPS) is 10.4. The molecule has 0 unspecified atom stereocenters. The quantitative estimate of drug-likeness (QED) is 0.769. The van der Waals surface area contributed by atoms with Gasteiger partial charge in [-0.15, -0.1) is 0 Å². The zero-order valence-corrected chi connectivity index (χ0v) is 10.5. The third-order valence-electron chi connectivity index (χ3n) is 2.95. The molecule has 0 bridgehead atoms. The Bertz CT molecular complexity index is 786. The minimum absolute atomic E-state index is 0.299. The molecule has 0 saturated heterocycles. The summed E-state index contributed by atoms with van der Waals surface area (Å²) in [5, 5.41) is 4.53. The second kappa shape index (κ2) is 5.09. The summed E-state index contributed by atoms with van der Waals surface area (Å²) in [4.78, 5) is 16.2. The topological polar surface area (TPSA) is 42.0 Å². The largest absolute Gasteiger partial charge is 0.321 e. The van der Waals surface area contributed by atoms with Gasteiger partial charge in [-0.1, -0.05) is 30.3 Å². The smallest absolute Gasteiger partial charge is 0.274 e. The molecular weight excluding hydrogens is 255 g/mol. The molecule has 0 saturated carbocycles. The average molecular weight is 266 g/mol. The summed E-state index contributed by atoms with van der Waals surface area (Å²) in [5.41, 5.74) is 0.706. The first-order valence-electron chi connectivity index (χ1n) is 6.14. The van der Waals surface area contributed by atoms with Crippen LogP contribution in [-0.4, -0.2) is 10.9 Å². The van der Waals surface area contributed by atoms with Gasteiger partial charge >= 0.3 is 0 Å². The SMILES string of the molecule is O=C(Nc1cccc(F)c1)c1cc2ccccc2cn1. The van der Waals surface area contributed by atoms with Crippen LogP contribution < -0.4 is 5.32 Å². The van der Waals surface area contributed by atoms with E-state index in [4.69, 9.17) is 0 Å². The molecule has 3 aromatic rings. The highest BCUT2D eigenvalue weighted by atomic mass is 19.1. The Hall–Kier alpha value is -2.75. The number of benzene rings is 2. The van der Waals surface area contributed by atoms with Gasteiger partial charge < -0.3 is 5.32 Å². The molecule has 1 amide bonds. The fourth-order valence-corrected chi connectivity index (χ4v) is 1.97. The summed E-state index contributed by atoms with van der Waals surface area (Å²) in [6.45, 7) is 0. The van der Waals surface area contributed by atoms with Gasteiger partial charge in [0.1, 0.15) is 11.5 Å². The van der Waals surface area contributed by atoms with Crippen LogP contribution in [0.25, 0.3) is 10.8 Å². The van der Waals surface area contributed by atoms with Gasteiger partial charge in [-0.2, -0.15) is 0 Å². The van der Waals surface area contributed by atoms with E-state index >= 15 is 0 Å². The van der Waals surface area contributed by atoms with Crippen LogP contribution in [0.1, 0.15) is 10.5 Å². The van der Waals surface area contributed by atoms with Crippen molar-refractivity contribution in [2.45, 2.75) is 0 Å². The standard InChI is InChI=1S/C16H11FN2O/c17-13-6-3-7-14(9-13)19-16(20)15-8-11-4-1-2-5-12(11)10-18-15/h1-10H,(H,19,20). The zero-order chi connectivity index (χ0) is 13.9. The second-order valence-corrected chi connectivity index (χ2v) is 4.38. The number of nitrogens with zero attached hydrogens (tertiary/aromatic N) is 1.